The predicted octanol–water partition coefficient (Wildman–Crippen LogP) is -3.35. The second-order valence-corrected chi connectivity index (χ2v) is 5.03. The van der Waals surface area contributed by atoms with Gasteiger partial charge in [0.2, 0.25) is 5.91 Å². The molecule has 0 heterocycles. The molecule has 0 aliphatic carbocycles. The van der Waals surface area contributed by atoms with Crippen molar-refractivity contribution < 1.29 is 39.9 Å². The maximum atomic E-state index is 11.7. The lowest BCUT2D eigenvalue weighted by molar-refractivity contribution is -0.139. The third kappa shape index (κ3) is 7.68. The molecule has 0 saturated heterocycles. The summed E-state index contributed by atoms with van der Waals surface area (Å²) < 4.78 is 4.94. The molecule has 0 aromatic rings. The number of aliphatic hydroxyl groups is 4. The number of likely N-dealkylation sites (N-methyl/N-ethyl adjacent to an activating group) is 1. The molecule has 0 aliphatic heterocycles. The lowest BCUT2D eigenvalue weighted by Crippen LogP contribution is -2.50. The monoisotopic (exact) mass is 338 g/mol. The van der Waals surface area contributed by atoms with Crippen molar-refractivity contribution in [1.82, 2.24) is 10.6 Å². The van der Waals surface area contributed by atoms with Crippen LogP contribution in [0.4, 0.5) is 0 Å². The predicted molar refractivity (Wildman–Crippen MR) is 78.6 cm³/mol. The normalized spacial score (nSPS) is 17.8. The molecule has 10 nitrogen and oxygen atoms in total. The summed E-state index contributed by atoms with van der Waals surface area (Å²) in [6.07, 6.45) is -5.66. The number of aliphatic hydroxyl groups excluding tert-OH is 4. The standard InChI is InChI=1S/C13H26N2O8/c1-14-7(13(21)22)3-4-10(18)15-5-9(23-2)12(20)11(19)8(17)6-16/h7-9,11-12,14,16-17,19-20H,3-6H2,1-2H3,(H,15,18)(H,21,22). The number of rotatable bonds is 12. The highest BCUT2D eigenvalue weighted by Gasteiger charge is 2.31. The minimum absolute atomic E-state index is 0.0494. The van der Waals surface area contributed by atoms with E-state index in [0.717, 1.165) is 0 Å². The first-order chi connectivity index (χ1) is 10.8. The molecule has 5 unspecified atom stereocenters. The zero-order chi connectivity index (χ0) is 18.0. The highest BCUT2D eigenvalue weighted by atomic mass is 16.5. The zero-order valence-electron chi connectivity index (χ0n) is 13.2. The largest absolute Gasteiger partial charge is 0.480 e. The molecule has 0 aromatic heterocycles. The van der Waals surface area contributed by atoms with Crippen LogP contribution in [-0.4, -0.2) is 95.2 Å². The molecule has 0 rings (SSSR count). The molecule has 0 aromatic carbocycles. The Bertz CT molecular complexity index is 368. The van der Waals surface area contributed by atoms with Gasteiger partial charge < -0.3 is 40.9 Å². The third-order valence-corrected chi connectivity index (χ3v) is 3.42. The van der Waals surface area contributed by atoms with Gasteiger partial charge in [0.05, 0.1) is 6.61 Å². The van der Waals surface area contributed by atoms with E-state index in [2.05, 4.69) is 10.6 Å². The molecule has 0 fully saturated rings. The van der Waals surface area contributed by atoms with Gasteiger partial charge >= 0.3 is 5.97 Å². The van der Waals surface area contributed by atoms with E-state index in [4.69, 9.17) is 14.9 Å². The fraction of sp³-hybridized carbons (Fsp3) is 0.846. The van der Waals surface area contributed by atoms with Gasteiger partial charge in [0, 0.05) is 20.1 Å². The topological polar surface area (TPSA) is 169 Å². The Kier molecular flexibility index (Phi) is 10.6. The minimum atomic E-state index is -1.64. The maximum absolute atomic E-state index is 11.7. The first kappa shape index (κ1) is 21.7. The highest BCUT2D eigenvalue weighted by molar-refractivity contribution is 5.78. The number of aliphatic carboxylic acids is 1. The summed E-state index contributed by atoms with van der Waals surface area (Å²) in [6, 6.07) is -0.842. The van der Waals surface area contributed by atoms with Crippen LogP contribution in [0.1, 0.15) is 12.8 Å². The van der Waals surface area contributed by atoms with Crippen molar-refractivity contribution in [3.05, 3.63) is 0 Å². The maximum Gasteiger partial charge on any atom is 0.320 e. The third-order valence-electron chi connectivity index (χ3n) is 3.42. The molecule has 0 bridgehead atoms. The van der Waals surface area contributed by atoms with Crippen LogP contribution in [0.2, 0.25) is 0 Å². The van der Waals surface area contributed by atoms with Crippen molar-refractivity contribution in [1.29, 1.82) is 0 Å². The number of hydrogen-bond acceptors (Lipinski definition) is 8. The van der Waals surface area contributed by atoms with Crippen LogP contribution < -0.4 is 10.6 Å². The molecule has 10 heteroatoms. The molecular formula is C13H26N2O8. The molecule has 1 amide bonds. The van der Waals surface area contributed by atoms with Crippen molar-refractivity contribution >= 4 is 11.9 Å². The quantitative estimate of drug-likeness (QED) is 0.192. The number of methoxy groups -OCH3 is 1. The van der Waals surface area contributed by atoms with Gasteiger partial charge in [-0.3, -0.25) is 9.59 Å². The number of ether oxygens (including phenoxy) is 1. The van der Waals surface area contributed by atoms with E-state index < -0.39 is 48.9 Å². The van der Waals surface area contributed by atoms with Crippen molar-refractivity contribution in [2.75, 3.05) is 27.3 Å². The van der Waals surface area contributed by atoms with E-state index in [0.29, 0.717) is 0 Å². The summed E-state index contributed by atoms with van der Waals surface area (Å²) in [6.45, 7) is -0.884. The first-order valence-corrected chi connectivity index (χ1v) is 7.13. The summed E-state index contributed by atoms with van der Waals surface area (Å²) in [5.41, 5.74) is 0. The molecule has 7 N–H and O–H groups in total. The van der Waals surface area contributed by atoms with Crippen molar-refractivity contribution in [2.24, 2.45) is 0 Å². The summed E-state index contributed by atoms with van der Waals surface area (Å²) in [4.78, 5) is 22.5. The number of carbonyl (C=O) groups excluding carboxylic acids is 1. The van der Waals surface area contributed by atoms with E-state index in [-0.39, 0.29) is 19.4 Å². The van der Waals surface area contributed by atoms with Crippen LogP contribution in [0.25, 0.3) is 0 Å². The van der Waals surface area contributed by atoms with E-state index in [1.54, 1.807) is 0 Å². The minimum Gasteiger partial charge on any atom is -0.480 e. The first-order valence-electron chi connectivity index (χ1n) is 7.13. The van der Waals surface area contributed by atoms with Gasteiger partial charge in [-0.2, -0.15) is 0 Å². The lowest BCUT2D eigenvalue weighted by atomic mass is 10.0. The van der Waals surface area contributed by atoms with Crippen LogP contribution in [0.3, 0.4) is 0 Å². The Labute approximate surface area is 134 Å². The van der Waals surface area contributed by atoms with E-state index >= 15 is 0 Å². The number of amides is 1. The number of carbonyl (C=O) groups is 2. The van der Waals surface area contributed by atoms with Crippen LogP contribution >= 0.6 is 0 Å². The summed E-state index contributed by atoms with van der Waals surface area (Å²) >= 11 is 0. The molecule has 23 heavy (non-hydrogen) atoms. The van der Waals surface area contributed by atoms with Crippen molar-refractivity contribution in [3.8, 4) is 0 Å². The lowest BCUT2D eigenvalue weighted by Gasteiger charge is -2.28. The number of hydrogen-bond donors (Lipinski definition) is 7. The molecule has 0 aliphatic rings. The van der Waals surface area contributed by atoms with Gasteiger partial charge in [-0.1, -0.05) is 0 Å². The summed E-state index contributed by atoms with van der Waals surface area (Å²) in [7, 11) is 2.72. The molecule has 5 atom stereocenters. The second kappa shape index (κ2) is 11.3. The number of nitrogens with one attached hydrogen (secondary N) is 2. The Morgan fingerprint density at radius 3 is 2.22 bits per heavy atom. The Morgan fingerprint density at radius 2 is 1.78 bits per heavy atom. The van der Waals surface area contributed by atoms with Crippen molar-refractivity contribution in [2.45, 2.75) is 43.3 Å². The van der Waals surface area contributed by atoms with Gasteiger partial charge in [0.1, 0.15) is 30.5 Å². The smallest absolute Gasteiger partial charge is 0.320 e. The van der Waals surface area contributed by atoms with E-state index in [1.807, 2.05) is 0 Å². The molecular weight excluding hydrogens is 312 g/mol. The van der Waals surface area contributed by atoms with Crippen LogP contribution in [0.15, 0.2) is 0 Å². The van der Waals surface area contributed by atoms with Crippen LogP contribution in [0, 0.1) is 0 Å². The molecule has 0 radical (unpaired) electrons. The van der Waals surface area contributed by atoms with Crippen LogP contribution in [0.5, 0.6) is 0 Å². The average molecular weight is 338 g/mol. The number of carboxylic acids is 1. The SMILES string of the molecule is CNC(CCC(=O)NCC(OC)C(O)C(O)C(O)CO)C(=O)O. The zero-order valence-corrected chi connectivity index (χ0v) is 13.2. The number of carboxylic acid groups (broad SMARTS) is 1. The second-order valence-electron chi connectivity index (χ2n) is 5.03. The van der Waals surface area contributed by atoms with Gasteiger partial charge in [-0.15, -0.1) is 0 Å². The van der Waals surface area contributed by atoms with E-state index in [1.165, 1.54) is 14.2 Å². The van der Waals surface area contributed by atoms with E-state index in [9.17, 15) is 24.9 Å². The molecule has 136 valence electrons. The Hall–Kier alpha value is -1.30. The molecule has 0 spiro atoms. The summed E-state index contributed by atoms with van der Waals surface area (Å²) in [5.74, 6) is -1.51. The van der Waals surface area contributed by atoms with Gasteiger partial charge in [0.15, 0.2) is 0 Å². The summed E-state index contributed by atoms with van der Waals surface area (Å²) in [5, 5.41) is 51.3. The Morgan fingerprint density at radius 1 is 1.17 bits per heavy atom. The Balaban J connectivity index is 4.34. The fourth-order valence-electron chi connectivity index (χ4n) is 1.87. The average Bonchev–Trinajstić information content (AvgIpc) is 2.53. The highest BCUT2D eigenvalue weighted by Crippen LogP contribution is 2.07. The van der Waals surface area contributed by atoms with Gasteiger partial charge in [-0.05, 0) is 13.5 Å². The van der Waals surface area contributed by atoms with Crippen molar-refractivity contribution in [3.63, 3.8) is 0 Å². The van der Waals surface area contributed by atoms with Gasteiger partial charge in [-0.25, -0.2) is 0 Å². The van der Waals surface area contributed by atoms with Crippen LogP contribution in [-0.2, 0) is 14.3 Å². The molecule has 0 saturated carbocycles. The fourth-order valence-corrected chi connectivity index (χ4v) is 1.87. The van der Waals surface area contributed by atoms with Gasteiger partial charge in [0.25, 0.3) is 0 Å².